The maximum absolute atomic E-state index is 12.9. The fourth-order valence-electron chi connectivity index (χ4n) is 3.96. The second-order valence-electron chi connectivity index (χ2n) is 7.69. The number of rotatable bonds is 5. The molecule has 2 aliphatic rings. The summed E-state index contributed by atoms with van der Waals surface area (Å²) in [6.07, 6.45) is 3.02. The molecule has 2 fully saturated rings. The lowest BCUT2D eigenvalue weighted by atomic mass is 9.77. The number of nitrogens with zero attached hydrogens (tertiary/aromatic N) is 2. The van der Waals surface area contributed by atoms with E-state index in [0.717, 1.165) is 22.4 Å². The summed E-state index contributed by atoms with van der Waals surface area (Å²) in [6.45, 7) is 4.24. The first-order valence-electron chi connectivity index (χ1n) is 9.88. The molecule has 4 rings (SSSR count). The molecule has 8 nitrogen and oxygen atoms in total. The number of aromatic nitrogens is 1. The number of carbonyl (C=O) groups excluding carboxylic acids is 3. The Morgan fingerprint density at radius 1 is 1.38 bits per heavy atom. The van der Waals surface area contributed by atoms with E-state index in [0.29, 0.717) is 41.8 Å². The summed E-state index contributed by atoms with van der Waals surface area (Å²) in [7, 11) is 0. The van der Waals surface area contributed by atoms with Crippen molar-refractivity contribution in [1.29, 1.82) is 0 Å². The molecule has 29 heavy (non-hydrogen) atoms. The Labute approximate surface area is 172 Å². The molecule has 0 unspecified atom stereocenters. The number of amides is 4. The summed E-state index contributed by atoms with van der Waals surface area (Å²) in [6, 6.07) is 5.10. The highest BCUT2D eigenvalue weighted by Crippen LogP contribution is 2.36. The van der Waals surface area contributed by atoms with Gasteiger partial charge in [-0.1, -0.05) is 24.3 Å². The Morgan fingerprint density at radius 3 is 2.86 bits per heavy atom. The second-order valence-corrected chi connectivity index (χ2v) is 8.72. The molecule has 0 atom stereocenters. The van der Waals surface area contributed by atoms with Crippen molar-refractivity contribution in [2.24, 2.45) is 5.92 Å². The minimum absolute atomic E-state index is 0.299. The molecule has 1 aromatic carbocycles. The largest absolute Gasteiger partial charge is 0.492 e. The van der Waals surface area contributed by atoms with Crippen LogP contribution in [0.5, 0.6) is 5.75 Å². The molecule has 9 heteroatoms. The van der Waals surface area contributed by atoms with Crippen molar-refractivity contribution >= 4 is 44.5 Å². The number of anilines is 1. The first kappa shape index (κ1) is 19.6. The lowest BCUT2D eigenvalue weighted by Gasteiger charge is -2.33. The van der Waals surface area contributed by atoms with E-state index in [2.05, 4.69) is 22.5 Å². The standard InChI is InChI=1S/C20H24N4O4S/c1-3-28-13-5-4-6-14-16(13)22-18(29-14)21-15(25)11-24-17(26)20(23-19(24)27)9-7-12(2)8-10-20/h4-6,12H,3,7-11H2,1-2H3,(H,23,27)(H,21,22,25). The molecule has 2 aromatic rings. The number of benzene rings is 1. The van der Waals surface area contributed by atoms with Gasteiger partial charge in [-0.25, -0.2) is 9.78 Å². The van der Waals surface area contributed by atoms with Crippen LogP contribution >= 0.6 is 11.3 Å². The normalized spacial score (nSPS) is 24.2. The van der Waals surface area contributed by atoms with E-state index in [-0.39, 0.29) is 12.5 Å². The molecule has 1 aromatic heterocycles. The molecule has 1 saturated carbocycles. The second kappa shape index (κ2) is 7.62. The Kier molecular flexibility index (Phi) is 5.16. The number of hydrogen-bond acceptors (Lipinski definition) is 6. The molecule has 0 radical (unpaired) electrons. The van der Waals surface area contributed by atoms with Gasteiger partial charge in [0, 0.05) is 0 Å². The fourth-order valence-corrected chi connectivity index (χ4v) is 4.86. The quantitative estimate of drug-likeness (QED) is 0.730. The molecule has 154 valence electrons. The Morgan fingerprint density at radius 2 is 2.14 bits per heavy atom. The van der Waals surface area contributed by atoms with Crippen LogP contribution in [0.25, 0.3) is 10.2 Å². The van der Waals surface area contributed by atoms with Gasteiger partial charge in [-0.3, -0.25) is 14.5 Å². The summed E-state index contributed by atoms with van der Waals surface area (Å²) in [4.78, 5) is 43.2. The summed E-state index contributed by atoms with van der Waals surface area (Å²) in [5.74, 6) is 0.451. The van der Waals surface area contributed by atoms with Crippen molar-refractivity contribution < 1.29 is 19.1 Å². The molecule has 1 saturated heterocycles. The van der Waals surface area contributed by atoms with Gasteiger partial charge >= 0.3 is 6.03 Å². The van der Waals surface area contributed by atoms with Crippen LogP contribution in [-0.4, -0.2) is 46.4 Å². The van der Waals surface area contributed by atoms with E-state index < -0.39 is 17.5 Å². The summed E-state index contributed by atoms with van der Waals surface area (Å²) >= 11 is 1.32. The molecule has 1 aliphatic carbocycles. The van der Waals surface area contributed by atoms with Crippen molar-refractivity contribution in [3.05, 3.63) is 18.2 Å². The van der Waals surface area contributed by atoms with E-state index in [1.165, 1.54) is 11.3 Å². The van der Waals surface area contributed by atoms with Crippen LogP contribution in [0, 0.1) is 5.92 Å². The summed E-state index contributed by atoms with van der Waals surface area (Å²) < 4.78 is 6.46. The molecule has 1 aliphatic heterocycles. The minimum atomic E-state index is -0.841. The zero-order chi connectivity index (χ0) is 20.6. The number of imide groups is 1. The number of ether oxygens (including phenoxy) is 1. The van der Waals surface area contributed by atoms with Crippen molar-refractivity contribution in [2.75, 3.05) is 18.5 Å². The van der Waals surface area contributed by atoms with Crippen molar-refractivity contribution in [3.8, 4) is 5.75 Å². The average Bonchev–Trinajstić information content (AvgIpc) is 3.19. The Balaban J connectivity index is 1.45. The zero-order valence-corrected chi connectivity index (χ0v) is 17.3. The summed E-state index contributed by atoms with van der Waals surface area (Å²) in [5.41, 5.74) is -0.161. The smallest absolute Gasteiger partial charge is 0.325 e. The first-order valence-corrected chi connectivity index (χ1v) is 10.7. The van der Waals surface area contributed by atoms with Gasteiger partial charge in [0.1, 0.15) is 23.3 Å². The van der Waals surface area contributed by atoms with Gasteiger partial charge in [-0.05, 0) is 50.7 Å². The molecular weight excluding hydrogens is 392 g/mol. The van der Waals surface area contributed by atoms with Gasteiger partial charge in [-0.2, -0.15) is 0 Å². The third-order valence-electron chi connectivity index (χ3n) is 5.60. The maximum atomic E-state index is 12.9. The number of para-hydroxylation sites is 1. The molecular formula is C20H24N4O4S. The van der Waals surface area contributed by atoms with E-state index in [1.54, 1.807) is 0 Å². The van der Waals surface area contributed by atoms with Gasteiger partial charge < -0.3 is 15.4 Å². The van der Waals surface area contributed by atoms with E-state index in [9.17, 15) is 14.4 Å². The van der Waals surface area contributed by atoms with Crippen LogP contribution in [0.15, 0.2) is 18.2 Å². The highest BCUT2D eigenvalue weighted by molar-refractivity contribution is 7.22. The number of urea groups is 1. The number of thiazole rings is 1. The minimum Gasteiger partial charge on any atom is -0.492 e. The Hall–Kier alpha value is -2.68. The Bertz CT molecular complexity index is 965. The van der Waals surface area contributed by atoms with Gasteiger partial charge in [0.25, 0.3) is 5.91 Å². The molecule has 4 amide bonds. The van der Waals surface area contributed by atoms with Gasteiger partial charge in [0.15, 0.2) is 5.13 Å². The van der Waals surface area contributed by atoms with Crippen molar-refractivity contribution in [3.63, 3.8) is 0 Å². The predicted octanol–water partition coefficient (Wildman–Crippen LogP) is 3.13. The van der Waals surface area contributed by atoms with Crippen LogP contribution in [0.1, 0.15) is 39.5 Å². The average molecular weight is 417 g/mol. The van der Waals surface area contributed by atoms with Crippen LogP contribution < -0.4 is 15.4 Å². The van der Waals surface area contributed by atoms with E-state index in [1.807, 2.05) is 25.1 Å². The highest BCUT2D eigenvalue weighted by atomic mass is 32.1. The number of carbonyl (C=O) groups is 3. The topological polar surface area (TPSA) is 101 Å². The van der Waals surface area contributed by atoms with E-state index >= 15 is 0 Å². The van der Waals surface area contributed by atoms with Gasteiger partial charge in [0.2, 0.25) is 5.91 Å². The molecule has 2 heterocycles. The van der Waals surface area contributed by atoms with Crippen LogP contribution in [0.3, 0.4) is 0 Å². The van der Waals surface area contributed by atoms with Crippen molar-refractivity contribution in [2.45, 2.75) is 45.1 Å². The van der Waals surface area contributed by atoms with Crippen LogP contribution in [0.4, 0.5) is 9.93 Å². The fraction of sp³-hybridized carbons (Fsp3) is 0.500. The SMILES string of the molecule is CCOc1cccc2sc(NC(=O)CN3C(=O)NC4(CCC(C)CC4)C3=O)nc12. The first-order chi connectivity index (χ1) is 13.9. The molecule has 0 bridgehead atoms. The number of nitrogens with one attached hydrogen (secondary N) is 2. The highest BCUT2D eigenvalue weighted by Gasteiger charge is 2.52. The third-order valence-corrected chi connectivity index (χ3v) is 6.54. The molecule has 1 spiro atoms. The predicted molar refractivity (Wildman–Crippen MR) is 110 cm³/mol. The monoisotopic (exact) mass is 416 g/mol. The number of hydrogen-bond donors (Lipinski definition) is 2. The van der Waals surface area contributed by atoms with Crippen molar-refractivity contribution in [1.82, 2.24) is 15.2 Å². The molecule has 2 N–H and O–H groups in total. The van der Waals surface area contributed by atoms with Gasteiger partial charge in [-0.15, -0.1) is 0 Å². The number of fused-ring (bicyclic) bond motifs is 1. The van der Waals surface area contributed by atoms with E-state index in [4.69, 9.17) is 4.74 Å². The van der Waals surface area contributed by atoms with Crippen LogP contribution in [-0.2, 0) is 9.59 Å². The zero-order valence-electron chi connectivity index (χ0n) is 16.5. The lowest BCUT2D eigenvalue weighted by molar-refractivity contribution is -0.135. The lowest BCUT2D eigenvalue weighted by Crippen LogP contribution is -2.49. The maximum Gasteiger partial charge on any atom is 0.325 e. The summed E-state index contributed by atoms with van der Waals surface area (Å²) in [5, 5.41) is 5.94. The van der Waals surface area contributed by atoms with Crippen LogP contribution in [0.2, 0.25) is 0 Å². The third kappa shape index (κ3) is 3.66. The van der Waals surface area contributed by atoms with Gasteiger partial charge in [0.05, 0.1) is 11.3 Å².